The van der Waals surface area contributed by atoms with Crippen molar-refractivity contribution >= 4 is 17.2 Å². The van der Waals surface area contributed by atoms with Gasteiger partial charge in [0.1, 0.15) is 12.2 Å². The predicted molar refractivity (Wildman–Crippen MR) is 122 cm³/mol. The van der Waals surface area contributed by atoms with Crippen molar-refractivity contribution in [3.05, 3.63) is 59.2 Å². The smallest absolute Gasteiger partial charge is 0.241 e. The van der Waals surface area contributed by atoms with Gasteiger partial charge in [0.2, 0.25) is 5.88 Å². The van der Waals surface area contributed by atoms with Crippen LogP contribution in [0.5, 0.6) is 5.88 Å². The number of aromatic nitrogens is 8. The number of fused-ring (bicyclic) bond motifs is 1. The number of imidazole rings is 1. The molecule has 0 amide bonds. The van der Waals surface area contributed by atoms with Crippen molar-refractivity contribution in [2.24, 2.45) is 0 Å². The Labute approximate surface area is 198 Å². The number of hydrogen-bond donors (Lipinski definition) is 2. The van der Waals surface area contributed by atoms with Crippen molar-refractivity contribution in [2.45, 2.75) is 31.3 Å². The number of methoxy groups -OCH3 is 1. The SMILES string of the molecule is COc1n[nH]cc1-c1cnc([C@@H]2CC[C@@H]3CC(c4c(-n5cnnn5)ccc(Cl)c4F)=CCN32)[nH]1. The molecule has 0 radical (unpaired) electrons. The molecule has 34 heavy (non-hydrogen) atoms. The van der Waals surface area contributed by atoms with Crippen molar-refractivity contribution in [1.82, 2.24) is 45.3 Å². The van der Waals surface area contributed by atoms with Crippen molar-refractivity contribution in [3.63, 3.8) is 0 Å². The van der Waals surface area contributed by atoms with Crippen molar-refractivity contribution in [1.29, 1.82) is 0 Å². The third-order valence-electron chi connectivity index (χ3n) is 6.64. The number of nitrogens with one attached hydrogen (secondary N) is 2. The lowest BCUT2D eigenvalue weighted by Crippen LogP contribution is -2.35. The molecule has 6 rings (SSSR count). The molecular weight excluding hydrogens is 461 g/mol. The number of halogens is 2. The first-order valence-electron chi connectivity index (χ1n) is 10.9. The summed E-state index contributed by atoms with van der Waals surface area (Å²) in [5.74, 6) is 0.974. The fraction of sp³-hybridized carbons (Fsp3) is 0.318. The number of nitrogens with zero attached hydrogens (tertiary/aromatic N) is 7. The number of ether oxygens (including phenoxy) is 1. The zero-order valence-electron chi connectivity index (χ0n) is 18.2. The minimum atomic E-state index is -0.450. The van der Waals surface area contributed by atoms with Gasteiger partial charge in [-0.25, -0.2) is 9.37 Å². The van der Waals surface area contributed by atoms with Crippen LogP contribution in [0.3, 0.4) is 0 Å². The highest BCUT2D eigenvalue weighted by molar-refractivity contribution is 6.31. The molecule has 4 aromatic rings. The van der Waals surface area contributed by atoms with Gasteiger partial charge in [0, 0.05) is 24.3 Å². The minimum absolute atomic E-state index is 0.0808. The summed E-state index contributed by atoms with van der Waals surface area (Å²) in [6, 6.07) is 3.69. The standard InChI is InChI=1S/C22H21ClFN9O/c1-34-22-14(9-26-29-22)16-10-25-21(28-16)18-4-2-13-8-12(6-7-32(13)18)19-17(33-11-27-30-31-33)5-3-15(23)20(19)24/h3,5-6,9-11,13,18H,2,4,7-8H2,1H3,(H,25,28)(H,26,29)/t13-,18+/m1/s1. The molecule has 2 N–H and O–H groups in total. The maximum atomic E-state index is 15.2. The molecule has 1 saturated heterocycles. The molecule has 2 aliphatic heterocycles. The van der Waals surface area contributed by atoms with Crippen LogP contribution in [0, 0.1) is 5.82 Å². The van der Waals surface area contributed by atoms with Crippen LogP contribution in [0.1, 0.15) is 36.7 Å². The number of hydrogen-bond acceptors (Lipinski definition) is 7. The fourth-order valence-electron chi connectivity index (χ4n) is 5.06. The first-order valence-corrected chi connectivity index (χ1v) is 11.3. The molecule has 0 saturated carbocycles. The van der Waals surface area contributed by atoms with E-state index in [0.717, 1.165) is 35.5 Å². The zero-order chi connectivity index (χ0) is 23.2. The van der Waals surface area contributed by atoms with Gasteiger partial charge in [-0.2, -0.15) is 4.68 Å². The molecule has 1 fully saturated rings. The number of benzene rings is 1. The lowest BCUT2D eigenvalue weighted by molar-refractivity contribution is 0.205. The van der Waals surface area contributed by atoms with Crippen LogP contribution in [-0.4, -0.2) is 65.0 Å². The number of rotatable bonds is 5. The summed E-state index contributed by atoms with van der Waals surface area (Å²) in [7, 11) is 1.59. The topological polar surface area (TPSA) is 113 Å². The second kappa shape index (κ2) is 8.33. The summed E-state index contributed by atoms with van der Waals surface area (Å²) in [5, 5.41) is 18.3. The molecule has 0 aliphatic carbocycles. The summed E-state index contributed by atoms with van der Waals surface area (Å²) < 4.78 is 22.0. The molecule has 3 aromatic heterocycles. The Morgan fingerprint density at radius 3 is 3.00 bits per heavy atom. The van der Waals surface area contributed by atoms with Crippen LogP contribution >= 0.6 is 11.6 Å². The highest BCUT2D eigenvalue weighted by atomic mass is 35.5. The quantitative estimate of drug-likeness (QED) is 0.448. The Bertz CT molecular complexity index is 1360. The molecule has 2 atom stereocenters. The van der Waals surface area contributed by atoms with E-state index in [1.165, 1.54) is 17.1 Å². The van der Waals surface area contributed by atoms with Crippen molar-refractivity contribution in [3.8, 4) is 22.8 Å². The monoisotopic (exact) mass is 481 g/mol. The second-order valence-electron chi connectivity index (χ2n) is 8.38. The molecule has 0 unspecified atom stereocenters. The van der Waals surface area contributed by atoms with E-state index in [9.17, 15) is 0 Å². The maximum Gasteiger partial charge on any atom is 0.241 e. The van der Waals surface area contributed by atoms with E-state index in [1.54, 1.807) is 25.6 Å². The van der Waals surface area contributed by atoms with E-state index < -0.39 is 5.82 Å². The lowest BCUT2D eigenvalue weighted by atomic mass is 9.92. The largest absolute Gasteiger partial charge is 0.479 e. The summed E-state index contributed by atoms with van der Waals surface area (Å²) in [5.41, 5.74) is 3.63. The van der Waals surface area contributed by atoms with E-state index in [2.05, 4.69) is 46.7 Å². The van der Waals surface area contributed by atoms with E-state index in [1.807, 2.05) is 0 Å². The van der Waals surface area contributed by atoms with Gasteiger partial charge in [0.15, 0.2) is 5.82 Å². The Hall–Kier alpha value is -3.57. The van der Waals surface area contributed by atoms with Gasteiger partial charge in [-0.05, 0) is 47.4 Å². The normalized spacial score (nSPS) is 20.4. The Kier molecular flexibility index (Phi) is 5.15. The molecule has 5 heterocycles. The van der Waals surface area contributed by atoms with Crippen LogP contribution in [0.2, 0.25) is 5.02 Å². The highest BCUT2D eigenvalue weighted by Gasteiger charge is 2.38. The average Bonchev–Trinajstić information content (AvgIpc) is 3.66. The zero-order valence-corrected chi connectivity index (χ0v) is 19.0. The summed E-state index contributed by atoms with van der Waals surface area (Å²) in [4.78, 5) is 10.5. The predicted octanol–water partition coefficient (Wildman–Crippen LogP) is 3.57. The molecule has 12 heteroatoms. The number of H-pyrrole nitrogens is 2. The molecule has 1 aromatic carbocycles. The third-order valence-corrected chi connectivity index (χ3v) is 6.93. The Morgan fingerprint density at radius 2 is 2.18 bits per heavy atom. The first kappa shape index (κ1) is 21.0. The van der Waals surface area contributed by atoms with Gasteiger partial charge in [-0.1, -0.05) is 17.7 Å². The number of aromatic amines is 2. The maximum absolute atomic E-state index is 15.2. The first-order chi connectivity index (χ1) is 16.6. The molecule has 2 aliphatic rings. The van der Waals surface area contributed by atoms with Gasteiger partial charge in [0.25, 0.3) is 0 Å². The van der Waals surface area contributed by atoms with Crippen LogP contribution in [0.15, 0.2) is 36.9 Å². The van der Waals surface area contributed by atoms with Gasteiger partial charge >= 0.3 is 0 Å². The molecule has 0 spiro atoms. The van der Waals surface area contributed by atoms with Crippen LogP contribution < -0.4 is 4.74 Å². The summed E-state index contributed by atoms with van der Waals surface area (Å²) in [6.07, 6.45) is 9.75. The Balaban J connectivity index is 1.29. The number of tetrazole rings is 1. The third kappa shape index (κ3) is 3.39. The van der Waals surface area contributed by atoms with Gasteiger partial charge < -0.3 is 9.72 Å². The van der Waals surface area contributed by atoms with Crippen molar-refractivity contribution in [2.75, 3.05) is 13.7 Å². The Morgan fingerprint density at radius 1 is 1.26 bits per heavy atom. The minimum Gasteiger partial charge on any atom is -0.479 e. The van der Waals surface area contributed by atoms with Gasteiger partial charge in [-0.15, -0.1) is 10.2 Å². The molecular formula is C22H21ClFN9O. The van der Waals surface area contributed by atoms with Crippen LogP contribution in [0.4, 0.5) is 4.39 Å². The average molecular weight is 482 g/mol. The van der Waals surface area contributed by atoms with E-state index in [-0.39, 0.29) is 17.1 Å². The summed E-state index contributed by atoms with van der Waals surface area (Å²) >= 11 is 6.15. The highest BCUT2D eigenvalue weighted by Crippen LogP contribution is 2.43. The van der Waals surface area contributed by atoms with E-state index in [4.69, 9.17) is 16.3 Å². The van der Waals surface area contributed by atoms with E-state index >= 15 is 4.39 Å². The van der Waals surface area contributed by atoms with Crippen molar-refractivity contribution < 1.29 is 9.13 Å². The summed E-state index contributed by atoms with van der Waals surface area (Å²) in [6.45, 7) is 0.677. The second-order valence-corrected chi connectivity index (χ2v) is 8.78. The van der Waals surface area contributed by atoms with Crippen LogP contribution in [0.25, 0.3) is 22.5 Å². The lowest BCUT2D eigenvalue weighted by Gasteiger charge is -2.33. The van der Waals surface area contributed by atoms with E-state index in [0.29, 0.717) is 30.1 Å². The van der Waals surface area contributed by atoms with Crippen LogP contribution in [-0.2, 0) is 0 Å². The molecule has 0 bridgehead atoms. The van der Waals surface area contributed by atoms with Gasteiger partial charge in [-0.3, -0.25) is 10.00 Å². The fourth-order valence-corrected chi connectivity index (χ4v) is 5.22. The molecule has 10 nitrogen and oxygen atoms in total. The van der Waals surface area contributed by atoms with Gasteiger partial charge in [0.05, 0.1) is 41.3 Å². The molecule has 174 valence electrons.